The van der Waals surface area contributed by atoms with Crippen molar-refractivity contribution < 1.29 is 14.3 Å². The van der Waals surface area contributed by atoms with E-state index in [0.717, 1.165) is 12.8 Å². The van der Waals surface area contributed by atoms with Gasteiger partial charge >= 0.3 is 0 Å². The average molecular weight is 228 g/mol. The molecule has 1 heterocycles. The highest BCUT2D eigenvalue weighted by Gasteiger charge is 2.42. The summed E-state index contributed by atoms with van der Waals surface area (Å²) in [6.07, 6.45) is 1.75. The number of hydrogen-bond acceptors (Lipinski definition) is 3. The molecular formula is C11H20N2O3. The number of carbonyl (C=O) groups excluding carboxylic acids is 2. The molecule has 1 aliphatic rings. The van der Waals surface area contributed by atoms with Crippen LogP contribution in [-0.4, -0.2) is 30.6 Å². The third-order valence-corrected chi connectivity index (χ3v) is 3.01. The van der Waals surface area contributed by atoms with Gasteiger partial charge in [0.25, 0.3) is 0 Å². The molecule has 1 saturated heterocycles. The van der Waals surface area contributed by atoms with Gasteiger partial charge in [0, 0.05) is 5.92 Å². The lowest BCUT2D eigenvalue weighted by Gasteiger charge is -2.42. The Bertz CT molecular complexity index is 270. The zero-order chi connectivity index (χ0) is 12.2. The summed E-state index contributed by atoms with van der Waals surface area (Å²) in [6, 6.07) is 0. The molecule has 0 aromatic carbocycles. The lowest BCUT2D eigenvalue weighted by atomic mass is 9.91. The van der Waals surface area contributed by atoms with Crippen molar-refractivity contribution in [1.82, 2.24) is 5.32 Å². The largest absolute Gasteiger partial charge is 0.376 e. The maximum absolute atomic E-state index is 11.9. The van der Waals surface area contributed by atoms with Crippen molar-refractivity contribution >= 4 is 11.8 Å². The second-order valence-corrected chi connectivity index (χ2v) is 4.42. The molecule has 0 spiro atoms. The summed E-state index contributed by atoms with van der Waals surface area (Å²) in [4.78, 5) is 22.8. The Labute approximate surface area is 95.7 Å². The molecule has 0 unspecified atom stereocenters. The third kappa shape index (κ3) is 2.95. The molecule has 1 aliphatic heterocycles. The zero-order valence-electron chi connectivity index (χ0n) is 9.91. The van der Waals surface area contributed by atoms with E-state index in [4.69, 9.17) is 10.5 Å². The Morgan fingerprint density at radius 1 is 1.38 bits per heavy atom. The molecule has 0 bridgehead atoms. The number of nitrogens with two attached hydrogens (primary N) is 1. The van der Waals surface area contributed by atoms with E-state index in [-0.39, 0.29) is 18.2 Å². The van der Waals surface area contributed by atoms with Gasteiger partial charge in [-0.05, 0) is 12.8 Å². The Hall–Kier alpha value is -1.10. The first-order chi connectivity index (χ1) is 7.53. The van der Waals surface area contributed by atoms with Crippen molar-refractivity contribution in [1.29, 1.82) is 0 Å². The molecule has 0 aliphatic carbocycles. The van der Waals surface area contributed by atoms with E-state index >= 15 is 0 Å². The van der Waals surface area contributed by atoms with Gasteiger partial charge in [-0.1, -0.05) is 13.8 Å². The predicted octanol–water partition coefficient (Wildman–Crippen LogP) is 0.183. The molecule has 5 heteroatoms. The fourth-order valence-electron chi connectivity index (χ4n) is 1.92. The molecule has 0 saturated carbocycles. The maximum atomic E-state index is 11.9. The second-order valence-electron chi connectivity index (χ2n) is 4.42. The molecule has 3 N–H and O–H groups in total. The summed E-state index contributed by atoms with van der Waals surface area (Å²) in [6.45, 7) is 4.71. The van der Waals surface area contributed by atoms with Gasteiger partial charge < -0.3 is 15.8 Å². The summed E-state index contributed by atoms with van der Waals surface area (Å²) in [5.41, 5.74) is 4.61. The SMILES string of the molecule is CCC(CC)C(=O)NC1(CC(N)=O)COC1. The van der Waals surface area contributed by atoms with Crippen molar-refractivity contribution in [3.63, 3.8) is 0 Å². The third-order valence-electron chi connectivity index (χ3n) is 3.01. The number of ether oxygens (including phenoxy) is 1. The van der Waals surface area contributed by atoms with E-state index in [1.165, 1.54) is 0 Å². The Kier molecular flexibility index (Phi) is 4.29. The monoisotopic (exact) mass is 228 g/mol. The number of rotatable bonds is 6. The molecule has 0 aromatic rings. The molecule has 0 aromatic heterocycles. The Morgan fingerprint density at radius 2 is 1.94 bits per heavy atom. The lowest BCUT2D eigenvalue weighted by Crippen LogP contribution is -2.64. The van der Waals surface area contributed by atoms with Gasteiger partial charge in [0.2, 0.25) is 11.8 Å². The number of hydrogen-bond donors (Lipinski definition) is 2. The van der Waals surface area contributed by atoms with Crippen LogP contribution in [0.2, 0.25) is 0 Å². The van der Waals surface area contributed by atoms with Crippen LogP contribution in [-0.2, 0) is 14.3 Å². The second kappa shape index (κ2) is 5.30. The molecule has 16 heavy (non-hydrogen) atoms. The number of amides is 2. The van der Waals surface area contributed by atoms with Crippen LogP contribution in [0.1, 0.15) is 33.1 Å². The first kappa shape index (κ1) is 13.0. The van der Waals surface area contributed by atoms with Gasteiger partial charge in [-0.15, -0.1) is 0 Å². The lowest BCUT2D eigenvalue weighted by molar-refractivity contribution is -0.141. The molecule has 5 nitrogen and oxygen atoms in total. The molecule has 92 valence electrons. The fourth-order valence-corrected chi connectivity index (χ4v) is 1.92. The average Bonchev–Trinajstić information content (AvgIpc) is 2.15. The normalized spacial score (nSPS) is 17.9. The van der Waals surface area contributed by atoms with E-state index in [9.17, 15) is 9.59 Å². The summed E-state index contributed by atoms with van der Waals surface area (Å²) in [5, 5.41) is 2.90. The van der Waals surface area contributed by atoms with Crippen LogP contribution < -0.4 is 11.1 Å². The van der Waals surface area contributed by atoms with Crippen LogP contribution in [0, 0.1) is 5.92 Å². The smallest absolute Gasteiger partial charge is 0.223 e. The molecular weight excluding hydrogens is 208 g/mol. The van der Waals surface area contributed by atoms with Crippen LogP contribution in [0.4, 0.5) is 0 Å². The highest BCUT2D eigenvalue weighted by atomic mass is 16.5. The molecule has 0 atom stereocenters. The Balaban J connectivity index is 2.56. The Morgan fingerprint density at radius 3 is 2.25 bits per heavy atom. The molecule has 0 radical (unpaired) electrons. The van der Waals surface area contributed by atoms with Crippen LogP contribution in [0.15, 0.2) is 0 Å². The molecule has 1 rings (SSSR count). The van der Waals surface area contributed by atoms with E-state index in [1.807, 2.05) is 13.8 Å². The van der Waals surface area contributed by atoms with E-state index < -0.39 is 11.4 Å². The van der Waals surface area contributed by atoms with Crippen molar-refractivity contribution in [2.24, 2.45) is 11.7 Å². The summed E-state index contributed by atoms with van der Waals surface area (Å²) < 4.78 is 5.06. The molecule has 2 amide bonds. The van der Waals surface area contributed by atoms with Crippen LogP contribution in [0.5, 0.6) is 0 Å². The molecule has 1 fully saturated rings. The number of carbonyl (C=O) groups is 2. The first-order valence-electron chi connectivity index (χ1n) is 5.71. The van der Waals surface area contributed by atoms with Crippen molar-refractivity contribution in [3.05, 3.63) is 0 Å². The van der Waals surface area contributed by atoms with Crippen molar-refractivity contribution in [2.45, 2.75) is 38.6 Å². The standard InChI is InChI=1S/C11H20N2O3/c1-3-8(4-2)10(15)13-11(5-9(12)14)6-16-7-11/h8H,3-7H2,1-2H3,(H2,12,14)(H,13,15). The zero-order valence-corrected chi connectivity index (χ0v) is 9.91. The fraction of sp³-hybridized carbons (Fsp3) is 0.818. The summed E-state index contributed by atoms with van der Waals surface area (Å²) in [7, 11) is 0. The van der Waals surface area contributed by atoms with Gasteiger partial charge in [0.1, 0.15) is 0 Å². The van der Waals surface area contributed by atoms with Gasteiger partial charge in [0.05, 0.1) is 25.2 Å². The number of primary amides is 1. The summed E-state index contributed by atoms with van der Waals surface area (Å²) >= 11 is 0. The van der Waals surface area contributed by atoms with Crippen molar-refractivity contribution in [3.8, 4) is 0 Å². The van der Waals surface area contributed by atoms with E-state index in [1.54, 1.807) is 0 Å². The van der Waals surface area contributed by atoms with E-state index in [0.29, 0.717) is 13.2 Å². The minimum atomic E-state index is -0.550. The highest BCUT2D eigenvalue weighted by molar-refractivity contribution is 5.81. The van der Waals surface area contributed by atoms with Gasteiger partial charge in [-0.3, -0.25) is 9.59 Å². The first-order valence-corrected chi connectivity index (χ1v) is 5.71. The van der Waals surface area contributed by atoms with Crippen LogP contribution in [0.25, 0.3) is 0 Å². The van der Waals surface area contributed by atoms with Gasteiger partial charge in [-0.25, -0.2) is 0 Å². The maximum Gasteiger partial charge on any atom is 0.223 e. The summed E-state index contributed by atoms with van der Waals surface area (Å²) in [5.74, 6) is -0.409. The topological polar surface area (TPSA) is 81.4 Å². The van der Waals surface area contributed by atoms with Crippen molar-refractivity contribution in [2.75, 3.05) is 13.2 Å². The van der Waals surface area contributed by atoms with Gasteiger partial charge in [-0.2, -0.15) is 0 Å². The predicted molar refractivity (Wildman–Crippen MR) is 59.6 cm³/mol. The number of nitrogens with one attached hydrogen (secondary N) is 1. The van der Waals surface area contributed by atoms with E-state index in [2.05, 4.69) is 5.32 Å². The van der Waals surface area contributed by atoms with Gasteiger partial charge in [0.15, 0.2) is 0 Å². The quantitative estimate of drug-likeness (QED) is 0.680. The minimum Gasteiger partial charge on any atom is -0.376 e. The minimum absolute atomic E-state index is 0.00496. The highest BCUT2D eigenvalue weighted by Crippen LogP contribution is 2.22. The van der Waals surface area contributed by atoms with Crippen LogP contribution in [0.3, 0.4) is 0 Å². The van der Waals surface area contributed by atoms with Crippen LogP contribution >= 0.6 is 0 Å².